The van der Waals surface area contributed by atoms with Crippen molar-refractivity contribution in [2.45, 2.75) is 32.2 Å². The van der Waals surface area contributed by atoms with Crippen LogP contribution in [0, 0.1) is 6.92 Å². The molecule has 5 nitrogen and oxygen atoms in total. The first kappa shape index (κ1) is 18.1. The molecular formula is C22H24ClN3O2. The van der Waals surface area contributed by atoms with Gasteiger partial charge in [0.15, 0.2) is 0 Å². The van der Waals surface area contributed by atoms with Crippen molar-refractivity contribution in [1.29, 1.82) is 0 Å². The molecule has 2 aliphatic rings. The number of fused-ring (bicyclic) bond motifs is 3. The predicted molar refractivity (Wildman–Crippen MR) is 110 cm³/mol. The average Bonchev–Trinajstić information content (AvgIpc) is 3.26. The topological polar surface area (TPSA) is 39.5 Å². The Morgan fingerprint density at radius 1 is 1.18 bits per heavy atom. The Kier molecular flexibility index (Phi) is 4.43. The van der Waals surface area contributed by atoms with Gasteiger partial charge in [0.25, 0.3) is 0 Å². The van der Waals surface area contributed by atoms with E-state index in [1.54, 1.807) is 0 Å². The van der Waals surface area contributed by atoms with E-state index in [1.165, 1.54) is 22.2 Å². The van der Waals surface area contributed by atoms with Crippen molar-refractivity contribution in [2.75, 3.05) is 26.8 Å². The smallest absolute Gasteiger partial charge is 0.213 e. The molecule has 0 bridgehead atoms. The van der Waals surface area contributed by atoms with Crippen molar-refractivity contribution in [3.63, 3.8) is 0 Å². The van der Waals surface area contributed by atoms with Gasteiger partial charge in [0, 0.05) is 58.6 Å². The lowest BCUT2D eigenvalue weighted by atomic mass is 10.0. The molecule has 1 saturated heterocycles. The van der Waals surface area contributed by atoms with Crippen LogP contribution < -0.4 is 0 Å². The van der Waals surface area contributed by atoms with Gasteiger partial charge in [-0.3, -0.25) is 4.98 Å². The molecule has 0 unspecified atom stereocenters. The van der Waals surface area contributed by atoms with Crippen LogP contribution in [0.1, 0.15) is 22.5 Å². The van der Waals surface area contributed by atoms with E-state index in [4.69, 9.17) is 21.1 Å². The molecule has 5 rings (SSSR count). The van der Waals surface area contributed by atoms with Crippen LogP contribution in [-0.2, 0) is 34.8 Å². The third-order valence-electron chi connectivity index (χ3n) is 5.86. The molecular weight excluding hydrogens is 374 g/mol. The molecule has 4 heterocycles. The molecule has 0 N–H and O–H groups in total. The first-order valence-electron chi connectivity index (χ1n) is 9.75. The van der Waals surface area contributed by atoms with Gasteiger partial charge in [0.05, 0.1) is 19.8 Å². The number of benzene rings is 1. The summed E-state index contributed by atoms with van der Waals surface area (Å²) in [4.78, 5) is 6.70. The second-order valence-electron chi connectivity index (χ2n) is 7.80. The van der Waals surface area contributed by atoms with Crippen LogP contribution in [0.2, 0.25) is 5.02 Å². The van der Waals surface area contributed by atoms with E-state index in [9.17, 15) is 0 Å². The van der Waals surface area contributed by atoms with E-state index in [1.807, 2.05) is 25.3 Å². The highest BCUT2D eigenvalue weighted by Crippen LogP contribution is 2.38. The molecule has 0 saturated carbocycles. The van der Waals surface area contributed by atoms with Gasteiger partial charge in [0.2, 0.25) is 5.79 Å². The second-order valence-corrected chi connectivity index (χ2v) is 8.23. The normalized spacial score (nSPS) is 19.2. The number of aryl methyl sites for hydroxylation is 1. The van der Waals surface area contributed by atoms with Gasteiger partial charge >= 0.3 is 0 Å². The summed E-state index contributed by atoms with van der Waals surface area (Å²) >= 11 is 6.34. The molecule has 0 spiro atoms. The van der Waals surface area contributed by atoms with Gasteiger partial charge in [-0.25, -0.2) is 0 Å². The van der Waals surface area contributed by atoms with Crippen molar-refractivity contribution in [3.8, 4) is 0 Å². The number of nitrogens with zero attached hydrogens (tertiary/aromatic N) is 3. The molecule has 1 aromatic carbocycles. The van der Waals surface area contributed by atoms with Crippen molar-refractivity contribution in [1.82, 2.24) is 14.5 Å². The summed E-state index contributed by atoms with van der Waals surface area (Å²) in [7, 11) is 2.17. The lowest BCUT2D eigenvalue weighted by Crippen LogP contribution is -2.35. The first-order chi connectivity index (χ1) is 13.6. The van der Waals surface area contributed by atoms with Crippen LogP contribution >= 0.6 is 11.6 Å². The molecule has 146 valence electrons. The standard InChI is InChI=1S/C22H24ClN3O2/c1-15-11-16(5-7-24-15)22(27-9-10-28-22)14-26-20-4-3-17(23)12-18(20)19-13-25(2)8-6-21(19)26/h3-5,7,11-12H,6,8-10,13-14H2,1-2H3. The van der Waals surface area contributed by atoms with E-state index < -0.39 is 5.79 Å². The molecule has 3 aromatic rings. The maximum atomic E-state index is 6.34. The Morgan fingerprint density at radius 2 is 2.00 bits per heavy atom. The zero-order valence-electron chi connectivity index (χ0n) is 16.2. The Balaban J connectivity index is 1.67. The Morgan fingerprint density at radius 3 is 2.79 bits per heavy atom. The van der Waals surface area contributed by atoms with Crippen LogP contribution in [-0.4, -0.2) is 41.3 Å². The first-order valence-corrected chi connectivity index (χ1v) is 10.1. The van der Waals surface area contributed by atoms with Gasteiger partial charge < -0.3 is 18.9 Å². The Hall–Kier alpha value is -1.92. The van der Waals surface area contributed by atoms with Crippen molar-refractivity contribution < 1.29 is 9.47 Å². The van der Waals surface area contributed by atoms with Gasteiger partial charge in [-0.2, -0.15) is 0 Å². The summed E-state index contributed by atoms with van der Waals surface area (Å²) in [5.74, 6) is -0.781. The number of ether oxygens (including phenoxy) is 2. The van der Waals surface area contributed by atoms with Gasteiger partial charge in [-0.1, -0.05) is 11.6 Å². The molecule has 0 aliphatic carbocycles. The quantitative estimate of drug-likeness (QED) is 0.672. The highest BCUT2D eigenvalue weighted by molar-refractivity contribution is 6.31. The third-order valence-corrected chi connectivity index (χ3v) is 6.10. The number of halogens is 1. The molecule has 28 heavy (non-hydrogen) atoms. The molecule has 1 fully saturated rings. The zero-order valence-corrected chi connectivity index (χ0v) is 17.0. The summed E-state index contributed by atoms with van der Waals surface area (Å²) in [5.41, 5.74) is 5.90. The highest BCUT2D eigenvalue weighted by Gasteiger charge is 2.40. The molecule has 0 atom stereocenters. The van der Waals surface area contributed by atoms with Crippen molar-refractivity contribution in [3.05, 3.63) is 64.1 Å². The number of hydrogen-bond donors (Lipinski definition) is 0. The number of pyridine rings is 1. The monoisotopic (exact) mass is 397 g/mol. The van der Waals surface area contributed by atoms with Gasteiger partial charge in [-0.05, 0) is 49.9 Å². The lowest BCUT2D eigenvalue weighted by Gasteiger charge is -2.31. The predicted octanol–water partition coefficient (Wildman–Crippen LogP) is 3.89. The number of hydrogen-bond acceptors (Lipinski definition) is 4. The fourth-order valence-electron chi connectivity index (χ4n) is 4.53. The van der Waals surface area contributed by atoms with Crippen LogP contribution in [0.15, 0.2) is 36.5 Å². The van der Waals surface area contributed by atoms with Crippen LogP contribution in [0.5, 0.6) is 0 Å². The third kappa shape index (κ3) is 2.94. The zero-order chi connectivity index (χ0) is 19.3. The maximum absolute atomic E-state index is 6.34. The fraction of sp³-hybridized carbons (Fsp3) is 0.409. The summed E-state index contributed by atoms with van der Waals surface area (Å²) < 4.78 is 14.8. The Bertz CT molecular complexity index is 1040. The maximum Gasteiger partial charge on any atom is 0.213 e. The van der Waals surface area contributed by atoms with Crippen molar-refractivity contribution in [2.24, 2.45) is 0 Å². The summed E-state index contributed by atoms with van der Waals surface area (Å²) in [6.45, 7) is 5.78. The average molecular weight is 398 g/mol. The Labute approximate surface area is 169 Å². The minimum Gasteiger partial charge on any atom is -0.342 e. The molecule has 2 aromatic heterocycles. The van der Waals surface area contributed by atoms with E-state index in [0.717, 1.165) is 35.8 Å². The number of aromatic nitrogens is 2. The van der Waals surface area contributed by atoms with Gasteiger partial charge in [0.1, 0.15) is 0 Å². The van der Waals surface area contributed by atoms with E-state index >= 15 is 0 Å². The molecule has 2 aliphatic heterocycles. The van der Waals surface area contributed by atoms with Crippen LogP contribution in [0.25, 0.3) is 10.9 Å². The minimum absolute atomic E-state index is 0.595. The fourth-order valence-corrected chi connectivity index (χ4v) is 4.70. The minimum atomic E-state index is -0.781. The molecule has 0 radical (unpaired) electrons. The summed E-state index contributed by atoms with van der Waals surface area (Å²) in [6.07, 6.45) is 2.83. The molecule has 0 amide bonds. The summed E-state index contributed by atoms with van der Waals surface area (Å²) in [6, 6.07) is 10.2. The number of likely N-dealkylation sites (N-methyl/N-ethyl adjacent to an activating group) is 1. The SMILES string of the molecule is Cc1cc(C2(Cn3c4c(c5cc(Cl)ccc53)CN(C)CC4)OCCO2)ccn1. The van der Waals surface area contributed by atoms with Crippen molar-refractivity contribution >= 4 is 22.5 Å². The molecule has 6 heteroatoms. The van der Waals surface area contributed by atoms with Gasteiger partial charge in [-0.15, -0.1) is 0 Å². The highest BCUT2D eigenvalue weighted by atomic mass is 35.5. The van der Waals surface area contributed by atoms with E-state index in [-0.39, 0.29) is 0 Å². The van der Waals surface area contributed by atoms with E-state index in [2.05, 4.69) is 39.7 Å². The van der Waals surface area contributed by atoms with Crippen LogP contribution in [0.3, 0.4) is 0 Å². The van der Waals surface area contributed by atoms with E-state index in [0.29, 0.717) is 19.8 Å². The largest absolute Gasteiger partial charge is 0.342 e. The number of rotatable bonds is 3. The second kappa shape index (κ2) is 6.85. The summed E-state index contributed by atoms with van der Waals surface area (Å²) in [5, 5.41) is 2.00. The lowest BCUT2D eigenvalue weighted by molar-refractivity contribution is -0.175. The van der Waals surface area contributed by atoms with Crippen LogP contribution in [0.4, 0.5) is 0 Å².